The Kier molecular flexibility index (Phi) is 4.82. The number of non-ortho nitro benzene ring substituents is 1. The molecule has 1 aromatic carbocycles. The van der Waals surface area contributed by atoms with Gasteiger partial charge in [0.05, 0.1) is 4.92 Å². The van der Waals surface area contributed by atoms with Crippen molar-refractivity contribution in [1.29, 1.82) is 0 Å². The number of carbonyl (C=O) groups excluding carboxylic acids is 1. The summed E-state index contributed by atoms with van der Waals surface area (Å²) in [6.45, 7) is 7.94. The summed E-state index contributed by atoms with van der Waals surface area (Å²) in [5, 5.41) is 11.6. The van der Waals surface area contributed by atoms with Crippen LogP contribution < -0.4 is 0 Å². The number of amides is 1. The summed E-state index contributed by atoms with van der Waals surface area (Å²) in [5.74, 6) is 0.0361. The molecule has 0 aliphatic carbocycles. The number of hydrogen-bond donors (Lipinski definition) is 1. The Bertz CT molecular complexity index is 761. The van der Waals surface area contributed by atoms with Crippen molar-refractivity contribution >= 4 is 22.7 Å². The highest BCUT2D eigenvalue weighted by molar-refractivity contribution is 5.83. The maximum absolute atomic E-state index is 12.0. The fourth-order valence-electron chi connectivity index (χ4n) is 2.45. The number of nitro groups is 1. The molecule has 1 heterocycles. The van der Waals surface area contributed by atoms with Crippen LogP contribution in [0.25, 0.3) is 10.9 Å². The largest absolute Gasteiger partial charge is 0.444 e. The number of aromatic nitrogens is 1. The number of likely N-dealkylation sites (N-methyl/N-ethyl adjacent to an activating group) is 1. The van der Waals surface area contributed by atoms with Crippen LogP contribution in [0.15, 0.2) is 24.3 Å². The fourth-order valence-corrected chi connectivity index (χ4v) is 2.45. The lowest BCUT2D eigenvalue weighted by Gasteiger charge is -2.26. The number of nitro benzene ring substituents is 1. The van der Waals surface area contributed by atoms with E-state index in [0.29, 0.717) is 6.54 Å². The molecule has 0 aliphatic heterocycles. The molecule has 0 spiro atoms. The maximum Gasteiger partial charge on any atom is 0.410 e. The van der Waals surface area contributed by atoms with Crippen LogP contribution in [0.3, 0.4) is 0 Å². The number of nitrogens with zero attached hydrogens (tertiary/aromatic N) is 2. The van der Waals surface area contributed by atoms with Gasteiger partial charge >= 0.3 is 6.09 Å². The van der Waals surface area contributed by atoms with Crippen LogP contribution in [0.4, 0.5) is 10.5 Å². The third kappa shape index (κ3) is 4.24. The number of fused-ring (bicyclic) bond motifs is 1. The zero-order chi connectivity index (χ0) is 18.1. The van der Waals surface area contributed by atoms with Gasteiger partial charge in [-0.25, -0.2) is 4.79 Å². The molecule has 0 bridgehead atoms. The summed E-state index contributed by atoms with van der Waals surface area (Å²) in [6, 6.07) is 6.59. The number of ether oxygens (including phenoxy) is 1. The minimum absolute atomic E-state index is 0.0361. The number of rotatable bonds is 4. The van der Waals surface area contributed by atoms with Crippen LogP contribution in [-0.4, -0.2) is 40.1 Å². The van der Waals surface area contributed by atoms with Crippen molar-refractivity contribution in [2.75, 3.05) is 13.6 Å². The first-order chi connectivity index (χ1) is 11.1. The SMILES string of the molecule is CC(CN(C)C(=O)OC(C)(C)C)c1cc2cc([N+](=O)[O-])ccc2[nH]1. The zero-order valence-electron chi connectivity index (χ0n) is 14.6. The van der Waals surface area contributed by atoms with Gasteiger partial charge in [-0.1, -0.05) is 6.92 Å². The van der Waals surface area contributed by atoms with E-state index >= 15 is 0 Å². The highest BCUT2D eigenvalue weighted by atomic mass is 16.6. The third-order valence-electron chi connectivity index (χ3n) is 3.62. The van der Waals surface area contributed by atoms with Gasteiger partial charge in [0.25, 0.3) is 5.69 Å². The molecule has 0 saturated carbocycles. The van der Waals surface area contributed by atoms with E-state index < -0.39 is 10.5 Å². The van der Waals surface area contributed by atoms with Gasteiger partial charge in [0, 0.05) is 48.2 Å². The number of H-pyrrole nitrogens is 1. The molecule has 0 aliphatic rings. The van der Waals surface area contributed by atoms with Crippen LogP contribution in [0, 0.1) is 10.1 Å². The Labute approximate surface area is 140 Å². The van der Waals surface area contributed by atoms with Crippen molar-refractivity contribution in [3.63, 3.8) is 0 Å². The van der Waals surface area contributed by atoms with E-state index in [1.165, 1.54) is 11.0 Å². The second-order valence-electron chi connectivity index (χ2n) is 7.02. The molecule has 0 saturated heterocycles. The fraction of sp³-hybridized carbons (Fsp3) is 0.471. The summed E-state index contributed by atoms with van der Waals surface area (Å²) in [4.78, 5) is 27.3. The number of hydrogen-bond acceptors (Lipinski definition) is 4. The number of benzene rings is 1. The van der Waals surface area contributed by atoms with E-state index in [1.54, 1.807) is 19.2 Å². The molecule has 2 aromatic rings. The summed E-state index contributed by atoms with van der Waals surface area (Å²) in [6.07, 6.45) is -0.374. The Morgan fingerprint density at radius 3 is 2.62 bits per heavy atom. The van der Waals surface area contributed by atoms with Gasteiger partial charge in [0.15, 0.2) is 0 Å². The second-order valence-corrected chi connectivity index (χ2v) is 7.02. The monoisotopic (exact) mass is 333 g/mol. The summed E-state index contributed by atoms with van der Waals surface area (Å²) >= 11 is 0. The highest BCUT2D eigenvalue weighted by Gasteiger charge is 2.22. The first-order valence-electron chi connectivity index (χ1n) is 7.78. The first-order valence-corrected chi connectivity index (χ1v) is 7.78. The van der Waals surface area contributed by atoms with Crippen molar-refractivity contribution in [2.45, 2.75) is 39.2 Å². The number of nitrogens with one attached hydrogen (secondary N) is 1. The van der Waals surface area contributed by atoms with Crippen LogP contribution in [0.5, 0.6) is 0 Å². The molecule has 130 valence electrons. The third-order valence-corrected chi connectivity index (χ3v) is 3.62. The highest BCUT2D eigenvalue weighted by Crippen LogP contribution is 2.25. The van der Waals surface area contributed by atoms with Gasteiger partial charge in [-0.3, -0.25) is 10.1 Å². The minimum atomic E-state index is -0.533. The number of carbonyl (C=O) groups is 1. The molecular weight excluding hydrogens is 310 g/mol. The smallest absolute Gasteiger partial charge is 0.410 e. The van der Waals surface area contributed by atoms with Crippen molar-refractivity contribution < 1.29 is 14.5 Å². The molecule has 2 rings (SSSR count). The van der Waals surface area contributed by atoms with Gasteiger partial charge in [-0.15, -0.1) is 0 Å². The van der Waals surface area contributed by atoms with Crippen molar-refractivity contribution in [2.24, 2.45) is 0 Å². The standard InChI is InChI=1S/C17H23N3O4/c1-11(10-19(5)16(21)24-17(2,3)4)15-9-12-8-13(20(22)23)6-7-14(12)18-15/h6-9,11,18H,10H2,1-5H3. The maximum atomic E-state index is 12.0. The molecule has 7 heteroatoms. The topological polar surface area (TPSA) is 88.5 Å². The quantitative estimate of drug-likeness (QED) is 0.675. The van der Waals surface area contributed by atoms with Crippen molar-refractivity contribution in [3.8, 4) is 0 Å². The van der Waals surface area contributed by atoms with Gasteiger partial charge in [-0.05, 0) is 32.9 Å². The van der Waals surface area contributed by atoms with Crippen LogP contribution >= 0.6 is 0 Å². The lowest BCUT2D eigenvalue weighted by atomic mass is 10.1. The Hall–Kier alpha value is -2.57. The molecule has 1 N–H and O–H groups in total. The molecule has 1 aromatic heterocycles. The Morgan fingerprint density at radius 2 is 2.04 bits per heavy atom. The van der Waals surface area contributed by atoms with Crippen molar-refractivity contribution in [3.05, 3.63) is 40.1 Å². The van der Waals surface area contributed by atoms with Gasteiger partial charge < -0.3 is 14.6 Å². The molecular formula is C17H23N3O4. The average molecular weight is 333 g/mol. The van der Waals surface area contributed by atoms with E-state index in [4.69, 9.17) is 4.74 Å². The first kappa shape index (κ1) is 17.8. The molecule has 1 atom stereocenters. The van der Waals surface area contributed by atoms with Gasteiger partial charge in [-0.2, -0.15) is 0 Å². The summed E-state index contributed by atoms with van der Waals surface area (Å²) in [7, 11) is 1.69. The summed E-state index contributed by atoms with van der Waals surface area (Å²) in [5.41, 5.74) is 1.28. The predicted octanol–water partition coefficient (Wildman–Crippen LogP) is 4.05. The Morgan fingerprint density at radius 1 is 1.38 bits per heavy atom. The lowest BCUT2D eigenvalue weighted by molar-refractivity contribution is -0.384. The second kappa shape index (κ2) is 6.51. The van der Waals surface area contributed by atoms with E-state index in [0.717, 1.165) is 16.6 Å². The lowest BCUT2D eigenvalue weighted by Crippen LogP contribution is -2.36. The molecule has 0 radical (unpaired) electrons. The molecule has 24 heavy (non-hydrogen) atoms. The van der Waals surface area contributed by atoms with E-state index in [-0.39, 0.29) is 17.7 Å². The Balaban J connectivity index is 2.12. The molecule has 7 nitrogen and oxygen atoms in total. The van der Waals surface area contributed by atoms with E-state index in [1.807, 2.05) is 33.8 Å². The van der Waals surface area contributed by atoms with Gasteiger partial charge in [0.1, 0.15) is 5.60 Å². The van der Waals surface area contributed by atoms with Crippen LogP contribution in [-0.2, 0) is 4.74 Å². The van der Waals surface area contributed by atoms with E-state index in [2.05, 4.69) is 4.98 Å². The van der Waals surface area contributed by atoms with E-state index in [9.17, 15) is 14.9 Å². The van der Waals surface area contributed by atoms with Crippen molar-refractivity contribution in [1.82, 2.24) is 9.88 Å². The predicted molar refractivity (Wildman–Crippen MR) is 92.2 cm³/mol. The van der Waals surface area contributed by atoms with Crippen LogP contribution in [0.2, 0.25) is 0 Å². The normalized spacial score (nSPS) is 12.9. The molecule has 0 fully saturated rings. The zero-order valence-corrected chi connectivity index (χ0v) is 14.6. The van der Waals surface area contributed by atoms with Crippen LogP contribution in [0.1, 0.15) is 39.3 Å². The molecule has 1 unspecified atom stereocenters. The minimum Gasteiger partial charge on any atom is -0.444 e. The number of aromatic amines is 1. The molecule has 1 amide bonds. The summed E-state index contributed by atoms with van der Waals surface area (Å²) < 4.78 is 5.34. The average Bonchev–Trinajstić information content (AvgIpc) is 2.88. The van der Waals surface area contributed by atoms with Gasteiger partial charge in [0.2, 0.25) is 0 Å².